The Balaban J connectivity index is 2.07. The highest BCUT2D eigenvalue weighted by molar-refractivity contribution is 9.11. The molecule has 4 nitrogen and oxygen atoms in total. The average molecular weight is 392 g/mol. The fourth-order valence-electron chi connectivity index (χ4n) is 2.54. The normalized spacial score (nSPS) is 24.4. The number of halogens is 2. The smallest absolute Gasteiger partial charge is 0.307 e. The van der Waals surface area contributed by atoms with E-state index in [9.17, 15) is 9.90 Å². The molecule has 1 aromatic heterocycles. The topological polar surface area (TPSA) is 53.4 Å². The van der Waals surface area contributed by atoms with Crippen LogP contribution >= 0.6 is 31.9 Å². The molecule has 0 spiro atoms. The van der Waals surface area contributed by atoms with Gasteiger partial charge in [0.05, 0.1) is 11.6 Å². The molecule has 0 bridgehead atoms. The first kappa shape index (κ1) is 14.9. The van der Waals surface area contributed by atoms with Gasteiger partial charge in [0.25, 0.3) is 0 Å². The molecule has 1 aliphatic rings. The SMILES string of the molecule is CC1CC(C(=O)O)CN(Cc2ncc(Br)cc2Br)C1. The quantitative estimate of drug-likeness (QED) is 0.859. The molecule has 19 heavy (non-hydrogen) atoms. The van der Waals surface area contributed by atoms with Crippen LogP contribution < -0.4 is 0 Å². The maximum Gasteiger partial charge on any atom is 0.307 e. The third-order valence-electron chi connectivity index (χ3n) is 3.34. The van der Waals surface area contributed by atoms with Gasteiger partial charge in [-0.2, -0.15) is 0 Å². The molecule has 1 fully saturated rings. The number of hydrogen-bond donors (Lipinski definition) is 1. The standard InChI is InChI=1S/C13H16Br2N2O2/c1-8-2-9(13(18)19)6-17(5-8)7-12-11(15)3-10(14)4-16-12/h3-4,8-9H,2,5-7H2,1H3,(H,18,19). The van der Waals surface area contributed by atoms with E-state index in [2.05, 4.69) is 48.7 Å². The third-order valence-corrected chi connectivity index (χ3v) is 4.46. The van der Waals surface area contributed by atoms with Gasteiger partial charge in [0.2, 0.25) is 0 Å². The zero-order chi connectivity index (χ0) is 14.0. The van der Waals surface area contributed by atoms with Gasteiger partial charge in [-0.1, -0.05) is 6.92 Å². The first-order valence-electron chi connectivity index (χ1n) is 6.20. The molecule has 1 aromatic rings. The van der Waals surface area contributed by atoms with Crippen LogP contribution in [0.3, 0.4) is 0 Å². The molecule has 1 aliphatic heterocycles. The first-order valence-corrected chi connectivity index (χ1v) is 7.79. The highest BCUT2D eigenvalue weighted by atomic mass is 79.9. The van der Waals surface area contributed by atoms with E-state index in [0.29, 0.717) is 19.0 Å². The van der Waals surface area contributed by atoms with Crippen LogP contribution in [0.25, 0.3) is 0 Å². The average Bonchev–Trinajstić information content (AvgIpc) is 2.32. The molecule has 0 aromatic carbocycles. The van der Waals surface area contributed by atoms with E-state index in [1.54, 1.807) is 6.20 Å². The molecule has 1 saturated heterocycles. The summed E-state index contributed by atoms with van der Waals surface area (Å²) in [6, 6.07) is 1.96. The summed E-state index contributed by atoms with van der Waals surface area (Å²) in [6.45, 7) is 4.31. The minimum absolute atomic E-state index is 0.266. The van der Waals surface area contributed by atoms with Crippen LogP contribution in [-0.4, -0.2) is 34.0 Å². The lowest BCUT2D eigenvalue weighted by molar-refractivity contribution is -0.144. The van der Waals surface area contributed by atoms with Crippen molar-refractivity contribution < 1.29 is 9.90 Å². The van der Waals surface area contributed by atoms with Crippen molar-refractivity contribution in [2.45, 2.75) is 19.9 Å². The van der Waals surface area contributed by atoms with Gasteiger partial charge in [0.15, 0.2) is 0 Å². The Labute approximate surface area is 129 Å². The van der Waals surface area contributed by atoms with Crippen LogP contribution in [0, 0.1) is 11.8 Å². The van der Waals surface area contributed by atoms with Gasteiger partial charge in [-0.05, 0) is 50.3 Å². The summed E-state index contributed by atoms with van der Waals surface area (Å²) >= 11 is 6.87. The molecule has 6 heteroatoms. The largest absolute Gasteiger partial charge is 0.481 e. The summed E-state index contributed by atoms with van der Waals surface area (Å²) in [4.78, 5) is 17.7. The predicted molar refractivity (Wildman–Crippen MR) is 79.8 cm³/mol. The molecule has 0 radical (unpaired) electrons. The molecule has 2 rings (SSSR count). The molecule has 2 unspecified atom stereocenters. The van der Waals surface area contributed by atoms with Crippen molar-refractivity contribution in [1.82, 2.24) is 9.88 Å². The zero-order valence-corrected chi connectivity index (χ0v) is 13.8. The van der Waals surface area contributed by atoms with E-state index in [1.165, 1.54) is 0 Å². The van der Waals surface area contributed by atoms with Crippen LogP contribution in [0.5, 0.6) is 0 Å². The van der Waals surface area contributed by atoms with E-state index >= 15 is 0 Å². The number of piperidine rings is 1. The summed E-state index contributed by atoms with van der Waals surface area (Å²) in [7, 11) is 0. The van der Waals surface area contributed by atoms with E-state index in [1.807, 2.05) is 6.07 Å². The minimum Gasteiger partial charge on any atom is -0.481 e. The Bertz CT molecular complexity index is 482. The number of rotatable bonds is 3. The Morgan fingerprint density at radius 1 is 1.53 bits per heavy atom. The number of nitrogens with zero attached hydrogens (tertiary/aromatic N) is 2. The van der Waals surface area contributed by atoms with Crippen LogP contribution in [0.4, 0.5) is 0 Å². The number of aliphatic carboxylic acids is 1. The zero-order valence-electron chi connectivity index (χ0n) is 10.6. The van der Waals surface area contributed by atoms with Crippen LogP contribution in [-0.2, 0) is 11.3 Å². The number of aromatic nitrogens is 1. The van der Waals surface area contributed by atoms with Crippen molar-refractivity contribution in [3.8, 4) is 0 Å². The van der Waals surface area contributed by atoms with Crippen molar-refractivity contribution >= 4 is 37.8 Å². The summed E-state index contributed by atoms with van der Waals surface area (Å²) in [5.74, 6) is -0.554. The highest BCUT2D eigenvalue weighted by Gasteiger charge is 2.29. The van der Waals surface area contributed by atoms with E-state index in [4.69, 9.17) is 0 Å². The molecule has 104 valence electrons. The highest BCUT2D eigenvalue weighted by Crippen LogP contribution is 2.25. The van der Waals surface area contributed by atoms with E-state index < -0.39 is 5.97 Å². The van der Waals surface area contributed by atoms with Crippen molar-refractivity contribution in [3.63, 3.8) is 0 Å². The second-order valence-electron chi connectivity index (χ2n) is 5.15. The van der Waals surface area contributed by atoms with Crippen molar-refractivity contribution in [2.24, 2.45) is 11.8 Å². The van der Waals surface area contributed by atoms with Gasteiger partial charge in [0.1, 0.15) is 0 Å². The van der Waals surface area contributed by atoms with Gasteiger partial charge in [-0.15, -0.1) is 0 Å². The molecular formula is C13H16Br2N2O2. The molecule has 0 amide bonds. The maximum absolute atomic E-state index is 11.2. The lowest BCUT2D eigenvalue weighted by atomic mass is 9.90. The van der Waals surface area contributed by atoms with Crippen molar-refractivity contribution in [3.05, 3.63) is 26.9 Å². The fourth-order valence-corrected chi connectivity index (χ4v) is 3.65. The van der Waals surface area contributed by atoms with Gasteiger partial charge in [-0.3, -0.25) is 14.7 Å². The van der Waals surface area contributed by atoms with E-state index in [0.717, 1.165) is 27.6 Å². The summed E-state index contributed by atoms with van der Waals surface area (Å²) < 4.78 is 1.88. The molecule has 0 aliphatic carbocycles. The maximum atomic E-state index is 11.2. The third kappa shape index (κ3) is 4.00. The Morgan fingerprint density at radius 2 is 2.26 bits per heavy atom. The number of carboxylic acids is 1. The van der Waals surface area contributed by atoms with Crippen molar-refractivity contribution in [1.29, 1.82) is 0 Å². The predicted octanol–water partition coefficient (Wildman–Crippen LogP) is 3.15. The number of hydrogen-bond acceptors (Lipinski definition) is 3. The lowest BCUT2D eigenvalue weighted by Gasteiger charge is -2.34. The monoisotopic (exact) mass is 390 g/mol. The first-order chi connectivity index (χ1) is 8.95. The fraction of sp³-hybridized carbons (Fsp3) is 0.538. The number of carbonyl (C=O) groups is 1. The number of pyridine rings is 1. The van der Waals surface area contributed by atoms with E-state index in [-0.39, 0.29) is 5.92 Å². The molecule has 0 saturated carbocycles. The molecule has 1 N–H and O–H groups in total. The van der Waals surface area contributed by atoms with Crippen molar-refractivity contribution in [2.75, 3.05) is 13.1 Å². The molecule has 2 heterocycles. The van der Waals surface area contributed by atoms with Gasteiger partial charge in [0, 0.05) is 34.8 Å². The second kappa shape index (κ2) is 6.33. The van der Waals surface area contributed by atoms with Gasteiger partial charge >= 0.3 is 5.97 Å². The summed E-state index contributed by atoms with van der Waals surface area (Å²) in [5, 5.41) is 9.17. The van der Waals surface area contributed by atoms with Crippen LogP contribution in [0.15, 0.2) is 21.2 Å². The lowest BCUT2D eigenvalue weighted by Crippen LogP contribution is -2.42. The van der Waals surface area contributed by atoms with Crippen LogP contribution in [0.1, 0.15) is 19.0 Å². The molecule has 2 atom stereocenters. The Kier molecular flexibility index (Phi) is 4.97. The Hall–Kier alpha value is -0.460. The minimum atomic E-state index is -0.695. The Morgan fingerprint density at radius 3 is 2.89 bits per heavy atom. The molecular weight excluding hydrogens is 376 g/mol. The number of likely N-dealkylation sites (tertiary alicyclic amines) is 1. The van der Waals surface area contributed by atoms with Gasteiger partial charge < -0.3 is 5.11 Å². The second-order valence-corrected chi connectivity index (χ2v) is 6.92. The summed E-state index contributed by atoms with van der Waals surface area (Å²) in [6.07, 6.45) is 2.53. The van der Waals surface area contributed by atoms with Gasteiger partial charge in [-0.25, -0.2) is 0 Å². The van der Waals surface area contributed by atoms with Crippen LogP contribution in [0.2, 0.25) is 0 Å². The summed E-state index contributed by atoms with van der Waals surface area (Å²) in [5.41, 5.74) is 0.946. The number of carboxylic acid groups (broad SMARTS) is 1.